The van der Waals surface area contributed by atoms with Crippen LogP contribution in [-0.4, -0.2) is 29.9 Å². The average Bonchev–Trinajstić information content (AvgIpc) is 2.85. The zero-order chi connectivity index (χ0) is 24.1. The Balaban J connectivity index is 1.50. The highest BCUT2D eigenvalue weighted by Gasteiger charge is 2.32. The van der Waals surface area contributed by atoms with E-state index in [4.69, 9.17) is 4.74 Å². The molecule has 0 fully saturated rings. The van der Waals surface area contributed by atoms with E-state index in [1.807, 2.05) is 25.1 Å². The summed E-state index contributed by atoms with van der Waals surface area (Å²) >= 11 is 0. The summed E-state index contributed by atoms with van der Waals surface area (Å²) in [5, 5.41) is 2.70. The average molecular weight is 465 g/mol. The molecule has 0 saturated heterocycles. The SMILES string of the molecule is CCC(=O)N1CCc2ccc(OCC(=O)NCc3cccc(F)c3)cc2[C@H]1c1cccc(F)c1. The molecule has 176 valence electrons. The van der Waals surface area contributed by atoms with Gasteiger partial charge in [0.25, 0.3) is 5.91 Å². The third kappa shape index (κ3) is 5.42. The van der Waals surface area contributed by atoms with Crippen LogP contribution in [0, 0.1) is 11.6 Å². The molecule has 0 radical (unpaired) electrons. The molecule has 4 rings (SSSR count). The standard InChI is InChI=1S/C27H26F2N2O3/c1-2-26(33)31-12-11-19-9-10-23(15-24(19)27(31)20-6-4-8-22(29)14-20)34-17-25(32)30-16-18-5-3-7-21(28)13-18/h3-10,13-15,27H,2,11-12,16-17H2,1H3,(H,30,32)/t27-/m1/s1. The smallest absolute Gasteiger partial charge is 0.258 e. The van der Waals surface area contributed by atoms with Crippen LogP contribution in [0.4, 0.5) is 8.78 Å². The Labute approximate surface area is 197 Å². The minimum absolute atomic E-state index is 0.0111. The van der Waals surface area contributed by atoms with Crippen LogP contribution in [0.2, 0.25) is 0 Å². The number of carbonyl (C=O) groups excluding carboxylic acids is 2. The molecule has 7 heteroatoms. The minimum atomic E-state index is -0.433. The third-order valence-corrected chi connectivity index (χ3v) is 5.88. The van der Waals surface area contributed by atoms with Crippen LogP contribution in [0.3, 0.4) is 0 Å². The number of hydrogen-bond donors (Lipinski definition) is 1. The fraction of sp³-hybridized carbons (Fsp3) is 0.259. The Kier molecular flexibility index (Phi) is 7.21. The Bertz CT molecular complexity index is 1200. The molecule has 2 amide bonds. The molecule has 5 nitrogen and oxygen atoms in total. The first-order chi connectivity index (χ1) is 16.4. The first kappa shape index (κ1) is 23.4. The van der Waals surface area contributed by atoms with Gasteiger partial charge < -0.3 is 15.0 Å². The van der Waals surface area contributed by atoms with Crippen LogP contribution < -0.4 is 10.1 Å². The van der Waals surface area contributed by atoms with Gasteiger partial charge in [-0.05, 0) is 65.1 Å². The van der Waals surface area contributed by atoms with E-state index in [1.54, 1.807) is 29.2 Å². The summed E-state index contributed by atoms with van der Waals surface area (Å²) in [6, 6.07) is 17.4. The Hall–Kier alpha value is -3.74. The molecule has 1 N–H and O–H groups in total. The molecule has 34 heavy (non-hydrogen) atoms. The van der Waals surface area contributed by atoms with Gasteiger partial charge in [0.2, 0.25) is 5.91 Å². The summed E-state index contributed by atoms with van der Waals surface area (Å²) in [6.45, 7) is 2.34. The molecule has 1 aliphatic heterocycles. The van der Waals surface area contributed by atoms with Gasteiger partial charge in [0.05, 0.1) is 6.04 Å². The number of hydrogen-bond acceptors (Lipinski definition) is 3. The Morgan fingerprint density at radius 3 is 2.53 bits per heavy atom. The predicted octanol–water partition coefficient (Wildman–Crippen LogP) is 4.54. The highest BCUT2D eigenvalue weighted by molar-refractivity contribution is 5.78. The van der Waals surface area contributed by atoms with Crippen LogP contribution >= 0.6 is 0 Å². The summed E-state index contributed by atoms with van der Waals surface area (Å²) in [6.07, 6.45) is 1.03. The van der Waals surface area contributed by atoms with Gasteiger partial charge in [-0.2, -0.15) is 0 Å². The lowest BCUT2D eigenvalue weighted by atomic mass is 9.87. The number of halogens is 2. The third-order valence-electron chi connectivity index (χ3n) is 5.88. The van der Waals surface area contributed by atoms with Gasteiger partial charge in [-0.15, -0.1) is 0 Å². The van der Waals surface area contributed by atoms with Gasteiger partial charge in [0.15, 0.2) is 6.61 Å². The van der Waals surface area contributed by atoms with Gasteiger partial charge in [0.1, 0.15) is 17.4 Å². The van der Waals surface area contributed by atoms with Crippen molar-refractivity contribution in [3.8, 4) is 5.75 Å². The number of nitrogens with one attached hydrogen (secondary N) is 1. The van der Waals surface area contributed by atoms with Gasteiger partial charge >= 0.3 is 0 Å². The second-order valence-electron chi connectivity index (χ2n) is 8.20. The van der Waals surface area contributed by atoms with Crippen LogP contribution in [0.5, 0.6) is 5.75 Å². The summed E-state index contributed by atoms with van der Waals surface area (Å²) in [7, 11) is 0. The second kappa shape index (κ2) is 10.5. The molecular weight excluding hydrogens is 438 g/mol. The number of ether oxygens (including phenoxy) is 1. The molecule has 1 heterocycles. The van der Waals surface area contributed by atoms with E-state index in [0.717, 1.165) is 11.1 Å². The van der Waals surface area contributed by atoms with Gasteiger partial charge in [-0.25, -0.2) is 8.78 Å². The van der Waals surface area contributed by atoms with Crippen molar-refractivity contribution in [2.45, 2.75) is 32.4 Å². The first-order valence-corrected chi connectivity index (χ1v) is 11.3. The van der Waals surface area contributed by atoms with Crippen LogP contribution in [0.25, 0.3) is 0 Å². The quantitative estimate of drug-likeness (QED) is 0.558. The zero-order valence-corrected chi connectivity index (χ0v) is 18.9. The highest BCUT2D eigenvalue weighted by Crippen LogP contribution is 2.37. The zero-order valence-electron chi connectivity index (χ0n) is 18.9. The minimum Gasteiger partial charge on any atom is -0.484 e. The van der Waals surface area contributed by atoms with Crippen molar-refractivity contribution >= 4 is 11.8 Å². The van der Waals surface area contributed by atoms with E-state index in [9.17, 15) is 18.4 Å². The molecule has 0 aromatic heterocycles. The number of benzene rings is 3. The normalized spacial score (nSPS) is 14.9. The lowest BCUT2D eigenvalue weighted by Crippen LogP contribution is -2.40. The van der Waals surface area contributed by atoms with Crippen molar-refractivity contribution in [3.05, 3.63) is 101 Å². The van der Waals surface area contributed by atoms with E-state index in [2.05, 4.69) is 5.32 Å². The maximum atomic E-state index is 14.0. The largest absolute Gasteiger partial charge is 0.484 e. The molecule has 3 aromatic rings. The van der Waals surface area contributed by atoms with Crippen LogP contribution in [-0.2, 0) is 22.6 Å². The molecule has 0 spiro atoms. The molecule has 3 aromatic carbocycles. The topological polar surface area (TPSA) is 58.6 Å². The van der Waals surface area contributed by atoms with Crippen molar-refractivity contribution in [1.82, 2.24) is 10.2 Å². The molecule has 1 atom stereocenters. The molecule has 0 unspecified atom stereocenters. The van der Waals surface area contributed by atoms with E-state index in [1.165, 1.54) is 24.3 Å². The van der Waals surface area contributed by atoms with E-state index in [-0.39, 0.29) is 36.6 Å². The van der Waals surface area contributed by atoms with Crippen molar-refractivity contribution in [1.29, 1.82) is 0 Å². The molecule has 0 bridgehead atoms. The summed E-state index contributed by atoms with van der Waals surface area (Å²) in [4.78, 5) is 26.7. The number of rotatable bonds is 7. The molecule has 0 saturated carbocycles. The Morgan fingerprint density at radius 1 is 1.03 bits per heavy atom. The van der Waals surface area contributed by atoms with Crippen molar-refractivity contribution < 1.29 is 23.1 Å². The van der Waals surface area contributed by atoms with Crippen molar-refractivity contribution in [2.24, 2.45) is 0 Å². The van der Waals surface area contributed by atoms with Crippen LogP contribution in [0.15, 0.2) is 66.7 Å². The number of amides is 2. The molecule has 0 aliphatic carbocycles. The monoisotopic (exact) mass is 464 g/mol. The van der Waals surface area contributed by atoms with Gasteiger partial charge in [-0.1, -0.05) is 37.3 Å². The lowest BCUT2D eigenvalue weighted by molar-refractivity contribution is -0.133. The fourth-order valence-electron chi connectivity index (χ4n) is 4.24. The number of carbonyl (C=O) groups is 2. The lowest BCUT2D eigenvalue weighted by Gasteiger charge is -2.38. The van der Waals surface area contributed by atoms with E-state index in [0.29, 0.717) is 36.3 Å². The number of fused-ring (bicyclic) bond motifs is 1. The summed E-state index contributed by atoms with van der Waals surface area (Å²) < 4.78 is 33.0. The molecular formula is C27H26F2N2O3. The fourth-order valence-corrected chi connectivity index (χ4v) is 4.24. The maximum absolute atomic E-state index is 14.0. The molecule has 1 aliphatic rings. The maximum Gasteiger partial charge on any atom is 0.258 e. The van der Waals surface area contributed by atoms with Crippen molar-refractivity contribution in [3.63, 3.8) is 0 Å². The predicted molar refractivity (Wildman–Crippen MR) is 124 cm³/mol. The van der Waals surface area contributed by atoms with Gasteiger partial charge in [0, 0.05) is 19.5 Å². The van der Waals surface area contributed by atoms with E-state index >= 15 is 0 Å². The van der Waals surface area contributed by atoms with E-state index < -0.39 is 6.04 Å². The summed E-state index contributed by atoms with van der Waals surface area (Å²) in [5.74, 6) is -0.599. The van der Waals surface area contributed by atoms with Crippen molar-refractivity contribution in [2.75, 3.05) is 13.2 Å². The highest BCUT2D eigenvalue weighted by atomic mass is 19.1. The van der Waals surface area contributed by atoms with Crippen LogP contribution in [0.1, 0.15) is 41.6 Å². The Morgan fingerprint density at radius 2 is 1.79 bits per heavy atom. The first-order valence-electron chi connectivity index (χ1n) is 11.3. The second-order valence-corrected chi connectivity index (χ2v) is 8.20. The van der Waals surface area contributed by atoms with Gasteiger partial charge in [-0.3, -0.25) is 9.59 Å². The summed E-state index contributed by atoms with van der Waals surface area (Å²) in [5.41, 5.74) is 3.25. The number of nitrogens with zero attached hydrogens (tertiary/aromatic N) is 1.